The number of carboxylic acid groups (broad SMARTS) is 1. The van der Waals surface area contributed by atoms with Crippen LogP contribution in [-0.2, 0) is 22.5 Å². The smallest absolute Gasteiger partial charge is 0.335 e. The fourth-order valence-corrected chi connectivity index (χ4v) is 6.29. The van der Waals surface area contributed by atoms with Gasteiger partial charge >= 0.3 is 5.97 Å². The average molecular weight is 626 g/mol. The van der Waals surface area contributed by atoms with E-state index in [0.717, 1.165) is 30.0 Å². The Balaban J connectivity index is 1.18. The third kappa shape index (κ3) is 5.46. The number of nitriles is 1. The zero-order valence-corrected chi connectivity index (χ0v) is 24.3. The molecular formula is C35H26F3N3O5. The van der Waals surface area contributed by atoms with Gasteiger partial charge in [-0.3, -0.25) is 0 Å². The Morgan fingerprint density at radius 3 is 2.65 bits per heavy atom. The molecule has 0 saturated carbocycles. The Hall–Kier alpha value is -5.18. The van der Waals surface area contributed by atoms with Gasteiger partial charge in [0.15, 0.2) is 6.29 Å². The van der Waals surface area contributed by atoms with Crippen molar-refractivity contribution in [2.75, 3.05) is 13.2 Å². The molecule has 2 saturated heterocycles. The van der Waals surface area contributed by atoms with E-state index in [2.05, 4.69) is 4.98 Å². The van der Waals surface area contributed by atoms with E-state index in [1.165, 1.54) is 30.3 Å². The molecule has 1 N–H and O–H groups in total. The first-order chi connectivity index (χ1) is 22.3. The first-order valence-corrected chi connectivity index (χ1v) is 14.7. The maximum absolute atomic E-state index is 15.7. The fourth-order valence-electron chi connectivity index (χ4n) is 6.29. The molecule has 0 aliphatic carbocycles. The van der Waals surface area contributed by atoms with Gasteiger partial charge in [-0.2, -0.15) is 5.26 Å². The summed E-state index contributed by atoms with van der Waals surface area (Å²) < 4.78 is 64.8. The molecule has 7 rings (SSSR count). The summed E-state index contributed by atoms with van der Waals surface area (Å²) in [6, 6.07) is 19.3. The van der Waals surface area contributed by atoms with Crippen LogP contribution >= 0.6 is 0 Å². The molecule has 1 unspecified atom stereocenters. The highest BCUT2D eigenvalue weighted by Gasteiger charge is 2.43. The van der Waals surface area contributed by atoms with Crippen molar-refractivity contribution >= 4 is 16.9 Å². The second-order valence-electron chi connectivity index (χ2n) is 11.3. The predicted molar refractivity (Wildman–Crippen MR) is 160 cm³/mol. The Morgan fingerprint density at radius 1 is 1.00 bits per heavy atom. The van der Waals surface area contributed by atoms with Crippen molar-refractivity contribution in [1.82, 2.24) is 9.55 Å². The van der Waals surface area contributed by atoms with Crippen molar-refractivity contribution in [1.29, 1.82) is 5.26 Å². The van der Waals surface area contributed by atoms with Gasteiger partial charge in [0.1, 0.15) is 24.1 Å². The molecule has 11 heteroatoms. The number of pyridine rings is 1. The number of nitrogens with zero attached hydrogens (tertiary/aromatic N) is 3. The van der Waals surface area contributed by atoms with Crippen LogP contribution in [0.4, 0.5) is 13.2 Å². The molecule has 232 valence electrons. The second-order valence-corrected chi connectivity index (χ2v) is 11.3. The topological polar surface area (TPSA) is 107 Å². The molecule has 2 aromatic heterocycles. The normalized spacial score (nSPS) is 18.9. The zero-order valence-electron chi connectivity index (χ0n) is 24.3. The molecule has 5 aromatic rings. The van der Waals surface area contributed by atoms with Crippen LogP contribution in [0, 0.1) is 34.7 Å². The van der Waals surface area contributed by atoms with Crippen LogP contribution in [0.15, 0.2) is 72.8 Å². The number of rotatable bonds is 8. The fraction of sp³-hybridized carbons (Fsp3) is 0.229. The zero-order chi connectivity index (χ0) is 31.9. The van der Waals surface area contributed by atoms with Crippen molar-refractivity contribution < 1.29 is 37.3 Å². The first-order valence-electron chi connectivity index (χ1n) is 14.7. The van der Waals surface area contributed by atoms with E-state index in [1.807, 2.05) is 16.7 Å². The Bertz CT molecular complexity index is 2040. The highest BCUT2D eigenvalue weighted by Crippen LogP contribution is 2.42. The molecule has 2 aliphatic heterocycles. The van der Waals surface area contributed by atoms with Gasteiger partial charge in [0, 0.05) is 40.7 Å². The molecule has 3 aromatic carbocycles. The number of hydrogen-bond donors (Lipinski definition) is 1. The van der Waals surface area contributed by atoms with Gasteiger partial charge < -0.3 is 23.9 Å². The van der Waals surface area contributed by atoms with Crippen LogP contribution in [-0.4, -0.2) is 40.1 Å². The summed E-state index contributed by atoms with van der Waals surface area (Å²) in [6.45, 7) is 0.723. The largest absolute Gasteiger partial charge is 0.478 e. The summed E-state index contributed by atoms with van der Waals surface area (Å²) in [7, 11) is 0. The highest BCUT2D eigenvalue weighted by atomic mass is 19.1. The van der Waals surface area contributed by atoms with Gasteiger partial charge in [-0.25, -0.2) is 22.9 Å². The number of benzene rings is 3. The Labute approximate surface area is 261 Å². The Morgan fingerprint density at radius 2 is 1.85 bits per heavy atom. The van der Waals surface area contributed by atoms with E-state index in [-0.39, 0.29) is 70.7 Å². The number of hydrogen-bond acceptors (Lipinski definition) is 6. The van der Waals surface area contributed by atoms with E-state index in [9.17, 15) is 14.3 Å². The van der Waals surface area contributed by atoms with Crippen molar-refractivity contribution in [2.45, 2.75) is 31.8 Å². The maximum atomic E-state index is 15.7. The van der Waals surface area contributed by atoms with Crippen LogP contribution in [0.3, 0.4) is 0 Å². The molecule has 8 nitrogen and oxygen atoms in total. The molecule has 0 spiro atoms. The van der Waals surface area contributed by atoms with Gasteiger partial charge in [0.2, 0.25) is 5.88 Å². The number of aromatic carboxylic acids is 1. The average Bonchev–Trinajstić information content (AvgIpc) is 3.77. The first kappa shape index (κ1) is 29.5. The van der Waals surface area contributed by atoms with Crippen molar-refractivity contribution in [3.05, 3.63) is 118 Å². The SMILES string of the molecule is N#Cc1ccc(COc2cccc(-c3cc(F)c(Cc4cc5ccc(C(=O)O)cc5n4C4CO[C@H]5OCC[C@@H]45)cc3F)n2)c(F)c1. The van der Waals surface area contributed by atoms with E-state index in [0.29, 0.717) is 24.4 Å². The number of ether oxygens (including phenoxy) is 3. The molecule has 4 heterocycles. The Kier molecular flexibility index (Phi) is 7.68. The molecule has 0 bridgehead atoms. The lowest BCUT2D eigenvalue weighted by molar-refractivity contribution is -0.0905. The van der Waals surface area contributed by atoms with Gasteiger partial charge in [-0.15, -0.1) is 0 Å². The molecule has 0 radical (unpaired) electrons. The van der Waals surface area contributed by atoms with E-state index in [4.69, 9.17) is 19.5 Å². The van der Waals surface area contributed by atoms with Crippen LogP contribution < -0.4 is 4.74 Å². The summed E-state index contributed by atoms with van der Waals surface area (Å²) in [5.41, 5.74) is 2.06. The minimum Gasteiger partial charge on any atom is -0.478 e. The third-order valence-corrected chi connectivity index (χ3v) is 8.57. The van der Waals surface area contributed by atoms with Gasteiger partial charge in [-0.05, 0) is 65.9 Å². The molecule has 0 amide bonds. The van der Waals surface area contributed by atoms with Gasteiger partial charge in [0.05, 0.1) is 42.1 Å². The van der Waals surface area contributed by atoms with Gasteiger partial charge in [0.25, 0.3) is 0 Å². The lowest BCUT2D eigenvalue weighted by Gasteiger charge is -2.22. The third-order valence-electron chi connectivity index (χ3n) is 8.57. The molecule has 3 atom stereocenters. The highest BCUT2D eigenvalue weighted by molar-refractivity contribution is 5.94. The van der Waals surface area contributed by atoms with E-state index in [1.54, 1.807) is 18.2 Å². The van der Waals surface area contributed by atoms with Crippen LogP contribution in [0.2, 0.25) is 0 Å². The quantitative estimate of drug-likeness (QED) is 0.202. The van der Waals surface area contributed by atoms with Crippen molar-refractivity contribution in [3.8, 4) is 23.2 Å². The standard InChI is InChI=1S/C35H26F3N3O5/c36-27-10-19(16-39)4-5-22(27)17-45-33-3-1-2-30(40-33)26-15-28(37)23(13-29(26)38)12-24-11-20-6-7-21(34(42)43)14-31(20)41(24)32-18-46-35-25(32)8-9-44-35/h1-7,10-11,13-15,25,32,35H,8-9,12,17-18H2,(H,42,43)/t25-,32?,35+/m0/s1. The van der Waals surface area contributed by atoms with Crippen LogP contribution in [0.5, 0.6) is 5.88 Å². The lowest BCUT2D eigenvalue weighted by atomic mass is 9.99. The number of fused-ring (bicyclic) bond motifs is 2. The molecular weight excluding hydrogens is 599 g/mol. The minimum atomic E-state index is -1.06. The van der Waals surface area contributed by atoms with E-state index < -0.39 is 23.4 Å². The summed E-state index contributed by atoms with van der Waals surface area (Å²) in [6.07, 6.45) is 0.451. The second kappa shape index (κ2) is 12.0. The number of halogens is 3. The number of carbonyl (C=O) groups is 1. The summed E-state index contributed by atoms with van der Waals surface area (Å²) in [5.74, 6) is -2.86. The lowest BCUT2D eigenvalue weighted by Crippen LogP contribution is -2.21. The van der Waals surface area contributed by atoms with Crippen LogP contribution in [0.1, 0.15) is 45.2 Å². The monoisotopic (exact) mass is 625 g/mol. The summed E-state index contributed by atoms with van der Waals surface area (Å²) >= 11 is 0. The van der Waals surface area contributed by atoms with Crippen LogP contribution in [0.25, 0.3) is 22.2 Å². The number of carboxylic acids is 1. The summed E-state index contributed by atoms with van der Waals surface area (Å²) in [4.78, 5) is 16.1. The molecule has 46 heavy (non-hydrogen) atoms. The number of aromatic nitrogens is 2. The van der Waals surface area contributed by atoms with Gasteiger partial charge in [-0.1, -0.05) is 18.2 Å². The van der Waals surface area contributed by atoms with Crippen molar-refractivity contribution in [2.24, 2.45) is 5.92 Å². The predicted octanol–water partition coefficient (Wildman–Crippen LogP) is 6.79. The molecule has 2 fully saturated rings. The molecule has 2 aliphatic rings. The maximum Gasteiger partial charge on any atom is 0.335 e. The minimum absolute atomic E-state index is 0.0424. The van der Waals surface area contributed by atoms with E-state index >= 15 is 8.78 Å². The van der Waals surface area contributed by atoms with Crippen molar-refractivity contribution in [3.63, 3.8) is 0 Å². The summed E-state index contributed by atoms with van der Waals surface area (Å²) in [5, 5.41) is 19.3.